The van der Waals surface area contributed by atoms with Gasteiger partial charge in [-0.1, -0.05) is 345 Å². The van der Waals surface area contributed by atoms with Crippen LogP contribution in [0.15, 0.2) is 48.6 Å². The molecule has 1 unspecified atom stereocenters. The van der Waals surface area contributed by atoms with E-state index in [1.165, 1.54) is 289 Å². The summed E-state index contributed by atoms with van der Waals surface area (Å²) in [7, 11) is 0. The second kappa shape index (κ2) is 70.9. The summed E-state index contributed by atoms with van der Waals surface area (Å²) in [5, 5.41) is 0. The summed E-state index contributed by atoms with van der Waals surface area (Å²) in [6.45, 7) is 6.68. The minimum atomic E-state index is -0.774. The number of carbonyl (C=O) groups excluding carboxylic acids is 3. The minimum absolute atomic E-state index is 0.0691. The highest BCUT2D eigenvalue weighted by Gasteiger charge is 2.19. The number of esters is 3. The van der Waals surface area contributed by atoms with E-state index in [2.05, 4.69) is 69.4 Å². The molecule has 0 fully saturated rings. The predicted octanol–water partition coefficient (Wildman–Crippen LogP) is 25.3. The Labute approximate surface area is 511 Å². The second-order valence-corrected chi connectivity index (χ2v) is 24.9. The fourth-order valence-electron chi connectivity index (χ4n) is 11.0. The van der Waals surface area contributed by atoms with E-state index in [4.69, 9.17) is 14.2 Å². The number of hydrogen-bond acceptors (Lipinski definition) is 6. The molecule has 0 aliphatic carbocycles. The lowest BCUT2D eigenvalue weighted by atomic mass is 10.0. The summed E-state index contributed by atoms with van der Waals surface area (Å²) >= 11 is 0. The van der Waals surface area contributed by atoms with Gasteiger partial charge in [0.1, 0.15) is 13.2 Å². The van der Waals surface area contributed by atoms with Gasteiger partial charge < -0.3 is 14.2 Å². The first-order valence-corrected chi connectivity index (χ1v) is 36.6. The second-order valence-electron chi connectivity index (χ2n) is 24.9. The average molecular weight is 1150 g/mol. The van der Waals surface area contributed by atoms with Crippen LogP contribution in [-0.4, -0.2) is 37.2 Å². The molecular formula is C76H140O6. The molecule has 6 heteroatoms. The van der Waals surface area contributed by atoms with Gasteiger partial charge in [0.2, 0.25) is 0 Å². The van der Waals surface area contributed by atoms with Crippen molar-refractivity contribution in [3.63, 3.8) is 0 Å². The van der Waals surface area contributed by atoms with Crippen LogP contribution in [0.5, 0.6) is 0 Å². The third kappa shape index (κ3) is 68.2. The van der Waals surface area contributed by atoms with E-state index in [1.807, 2.05) is 0 Å². The van der Waals surface area contributed by atoms with Crippen molar-refractivity contribution in [2.24, 2.45) is 0 Å². The van der Waals surface area contributed by atoms with Crippen molar-refractivity contribution >= 4 is 17.9 Å². The predicted molar refractivity (Wildman–Crippen MR) is 358 cm³/mol. The number of ether oxygens (including phenoxy) is 3. The number of unbranched alkanes of at least 4 members (excludes halogenated alkanes) is 49. The third-order valence-electron chi connectivity index (χ3n) is 16.6. The van der Waals surface area contributed by atoms with E-state index in [0.29, 0.717) is 19.3 Å². The molecule has 0 bridgehead atoms. The first kappa shape index (κ1) is 79.4. The van der Waals surface area contributed by atoms with Crippen LogP contribution in [-0.2, 0) is 28.6 Å². The molecule has 0 aromatic heterocycles. The van der Waals surface area contributed by atoms with Gasteiger partial charge in [0.25, 0.3) is 0 Å². The molecule has 0 saturated carbocycles. The largest absolute Gasteiger partial charge is 0.462 e. The number of allylic oxidation sites excluding steroid dienone is 8. The third-order valence-corrected chi connectivity index (χ3v) is 16.6. The zero-order valence-corrected chi connectivity index (χ0v) is 55.3. The molecule has 0 N–H and O–H groups in total. The first-order valence-electron chi connectivity index (χ1n) is 36.6. The smallest absolute Gasteiger partial charge is 0.306 e. The molecule has 1 atom stereocenters. The Morgan fingerprint density at radius 2 is 0.439 bits per heavy atom. The van der Waals surface area contributed by atoms with Crippen LogP contribution in [0.2, 0.25) is 0 Å². The zero-order chi connectivity index (χ0) is 59.2. The maximum absolute atomic E-state index is 13.0. The van der Waals surface area contributed by atoms with Crippen LogP contribution in [0.4, 0.5) is 0 Å². The van der Waals surface area contributed by atoms with Crippen molar-refractivity contribution in [1.29, 1.82) is 0 Å². The molecule has 0 amide bonds. The maximum atomic E-state index is 13.0. The van der Waals surface area contributed by atoms with Crippen molar-refractivity contribution in [3.05, 3.63) is 48.6 Å². The van der Waals surface area contributed by atoms with E-state index in [9.17, 15) is 14.4 Å². The molecule has 0 saturated heterocycles. The highest BCUT2D eigenvalue weighted by molar-refractivity contribution is 5.71. The van der Waals surface area contributed by atoms with E-state index in [1.54, 1.807) is 0 Å². The Morgan fingerprint density at radius 3 is 0.695 bits per heavy atom. The Kier molecular flexibility index (Phi) is 68.6. The number of carbonyl (C=O) groups is 3. The van der Waals surface area contributed by atoms with Crippen LogP contribution in [0.3, 0.4) is 0 Å². The van der Waals surface area contributed by atoms with Gasteiger partial charge >= 0.3 is 17.9 Å². The van der Waals surface area contributed by atoms with Gasteiger partial charge in [0.15, 0.2) is 6.10 Å². The van der Waals surface area contributed by atoms with Gasteiger partial charge in [-0.25, -0.2) is 0 Å². The zero-order valence-electron chi connectivity index (χ0n) is 55.3. The summed E-state index contributed by atoms with van der Waals surface area (Å²) in [4.78, 5) is 38.5. The molecule has 0 spiro atoms. The molecule has 82 heavy (non-hydrogen) atoms. The van der Waals surface area contributed by atoms with Crippen LogP contribution < -0.4 is 0 Å². The summed E-state index contributed by atoms with van der Waals surface area (Å²) in [5.41, 5.74) is 0. The summed E-state index contributed by atoms with van der Waals surface area (Å²) in [6, 6.07) is 0. The Bertz CT molecular complexity index is 1410. The molecule has 0 radical (unpaired) electrons. The van der Waals surface area contributed by atoms with Gasteiger partial charge in [-0.3, -0.25) is 14.4 Å². The number of hydrogen-bond donors (Lipinski definition) is 0. The van der Waals surface area contributed by atoms with Gasteiger partial charge in [-0.05, 0) is 83.5 Å². The molecule has 0 aromatic carbocycles. The molecule has 480 valence electrons. The van der Waals surface area contributed by atoms with Crippen molar-refractivity contribution in [2.45, 2.75) is 406 Å². The SMILES string of the molecule is CCCCC/C=C\C/C=C\CCCCCCCCCCCC(=O)OC(COC(=O)CCCCCCCCCCCCCCCCCC)COC(=O)CCCCCCCCCCCCCCCCCCC/C=C\C/C=C\CCCCCCC. The van der Waals surface area contributed by atoms with Crippen LogP contribution in [0, 0.1) is 0 Å². The van der Waals surface area contributed by atoms with Crippen molar-refractivity contribution in [1.82, 2.24) is 0 Å². The summed E-state index contributed by atoms with van der Waals surface area (Å²) < 4.78 is 17.0. The van der Waals surface area contributed by atoms with Crippen molar-refractivity contribution in [3.8, 4) is 0 Å². The lowest BCUT2D eigenvalue weighted by Gasteiger charge is -2.18. The van der Waals surface area contributed by atoms with E-state index in [0.717, 1.165) is 70.6 Å². The van der Waals surface area contributed by atoms with E-state index >= 15 is 0 Å². The summed E-state index contributed by atoms with van der Waals surface area (Å²) in [5.74, 6) is -0.843. The lowest BCUT2D eigenvalue weighted by molar-refractivity contribution is -0.167. The normalized spacial score (nSPS) is 12.3. The molecule has 0 aromatic rings. The topological polar surface area (TPSA) is 78.9 Å². The monoisotopic (exact) mass is 1150 g/mol. The Morgan fingerprint density at radius 1 is 0.244 bits per heavy atom. The minimum Gasteiger partial charge on any atom is -0.462 e. The number of rotatable bonds is 68. The lowest BCUT2D eigenvalue weighted by Crippen LogP contribution is -2.30. The van der Waals surface area contributed by atoms with Crippen LogP contribution in [0.25, 0.3) is 0 Å². The van der Waals surface area contributed by atoms with Gasteiger partial charge in [-0.2, -0.15) is 0 Å². The van der Waals surface area contributed by atoms with Crippen molar-refractivity contribution < 1.29 is 28.6 Å². The molecular weight excluding hydrogens is 1010 g/mol. The van der Waals surface area contributed by atoms with Crippen LogP contribution in [0.1, 0.15) is 400 Å². The van der Waals surface area contributed by atoms with E-state index < -0.39 is 6.10 Å². The quantitative estimate of drug-likeness (QED) is 0.0261. The molecule has 6 nitrogen and oxygen atoms in total. The summed E-state index contributed by atoms with van der Waals surface area (Å²) in [6.07, 6.45) is 90.0. The molecule has 0 aliphatic heterocycles. The van der Waals surface area contributed by atoms with Crippen molar-refractivity contribution in [2.75, 3.05) is 13.2 Å². The van der Waals surface area contributed by atoms with Crippen LogP contribution >= 0.6 is 0 Å². The van der Waals surface area contributed by atoms with Gasteiger partial charge in [0.05, 0.1) is 0 Å². The maximum Gasteiger partial charge on any atom is 0.306 e. The fourth-order valence-corrected chi connectivity index (χ4v) is 11.0. The van der Waals surface area contributed by atoms with E-state index in [-0.39, 0.29) is 31.1 Å². The van der Waals surface area contributed by atoms with Gasteiger partial charge in [0, 0.05) is 19.3 Å². The average Bonchev–Trinajstić information content (AvgIpc) is 3.47. The highest BCUT2D eigenvalue weighted by atomic mass is 16.6. The molecule has 0 aliphatic rings. The molecule has 0 rings (SSSR count). The first-order chi connectivity index (χ1) is 40.5. The Hall–Kier alpha value is -2.63. The highest BCUT2D eigenvalue weighted by Crippen LogP contribution is 2.18. The molecule has 0 heterocycles. The standard InChI is InChI=1S/C76H140O6/c1-4-7-10-13-16-19-22-25-28-31-33-34-35-36-37-38-39-40-41-42-44-45-48-51-54-57-60-63-66-69-75(78)81-72-73(71-80-74(77)68-65-62-59-56-53-50-47-30-27-24-21-18-15-12-9-6-3)82-76(79)70-67-64-61-58-55-52-49-46-43-32-29-26-23-20-17-14-11-8-5-2/h17,20,22,25-26,29,31,33,73H,4-16,18-19,21,23-24,27-28,30,32,34-72H2,1-3H3/b20-17-,25-22-,29-26-,33-31-. The van der Waals surface area contributed by atoms with Gasteiger partial charge in [-0.15, -0.1) is 0 Å². The Balaban J connectivity index is 4.23. The fraction of sp³-hybridized carbons (Fsp3) is 0.855.